The summed E-state index contributed by atoms with van der Waals surface area (Å²) in [7, 11) is 5.39. The van der Waals surface area contributed by atoms with Crippen molar-refractivity contribution in [2.45, 2.75) is 18.9 Å². The molecule has 2 heterocycles. The van der Waals surface area contributed by atoms with Gasteiger partial charge in [-0.3, -0.25) is 4.79 Å². The maximum absolute atomic E-state index is 12.9. The van der Waals surface area contributed by atoms with Gasteiger partial charge in [0.2, 0.25) is 5.88 Å². The molecule has 2 aromatic rings. The highest BCUT2D eigenvalue weighted by atomic mass is 16.5. The summed E-state index contributed by atoms with van der Waals surface area (Å²) >= 11 is 0. The predicted octanol–water partition coefficient (Wildman–Crippen LogP) is 2.23. The molecule has 7 heteroatoms. The molecule has 1 unspecified atom stereocenters. The Morgan fingerprint density at radius 3 is 2.69 bits per heavy atom. The average Bonchev–Trinajstić information content (AvgIpc) is 2.68. The van der Waals surface area contributed by atoms with E-state index in [4.69, 9.17) is 9.47 Å². The third-order valence-electron chi connectivity index (χ3n) is 4.37. The fraction of sp³-hybridized carbons (Fsp3) is 0.421. The molecule has 3 rings (SSSR count). The van der Waals surface area contributed by atoms with E-state index >= 15 is 0 Å². The summed E-state index contributed by atoms with van der Waals surface area (Å²) in [5.74, 6) is 1.80. The molecular formula is C19H24N4O3. The molecule has 1 aliphatic heterocycles. The monoisotopic (exact) mass is 356 g/mol. The summed E-state index contributed by atoms with van der Waals surface area (Å²) in [6.07, 6.45) is 1.67. The number of rotatable bonds is 5. The van der Waals surface area contributed by atoms with E-state index in [1.54, 1.807) is 19.2 Å². The number of hydrogen-bond acceptors (Lipinski definition) is 6. The number of piperidine rings is 1. The molecule has 1 saturated heterocycles. The zero-order valence-electron chi connectivity index (χ0n) is 15.4. The van der Waals surface area contributed by atoms with E-state index in [1.165, 1.54) is 0 Å². The van der Waals surface area contributed by atoms with Crippen molar-refractivity contribution in [2.24, 2.45) is 0 Å². The van der Waals surface area contributed by atoms with Crippen LogP contribution in [0.2, 0.25) is 0 Å². The van der Waals surface area contributed by atoms with Crippen LogP contribution in [0, 0.1) is 0 Å². The molecule has 0 aliphatic carbocycles. The van der Waals surface area contributed by atoms with Crippen LogP contribution in [0.4, 0.5) is 5.82 Å². The molecule has 1 aliphatic rings. The van der Waals surface area contributed by atoms with Gasteiger partial charge < -0.3 is 19.3 Å². The fourth-order valence-electron chi connectivity index (χ4n) is 3.00. The number of likely N-dealkylation sites (tertiary alicyclic amines) is 1. The van der Waals surface area contributed by atoms with Crippen LogP contribution >= 0.6 is 0 Å². The highest BCUT2D eigenvalue weighted by Crippen LogP contribution is 2.23. The Morgan fingerprint density at radius 2 is 2.00 bits per heavy atom. The Kier molecular flexibility index (Phi) is 5.55. The lowest BCUT2D eigenvalue weighted by Gasteiger charge is -2.32. The van der Waals surface area contributed by atoms with Gasteiger partial charge in [-0.25, -0.2) is 0 Å². The summed E-state index contributed by atoms with van der Waals surface area (Å²) in [5.41, 5.74) is 0.575. The standard InChI is InChI=1S/C19H24N4O3/c1-22(2)17-10-11-18(21-20-17)26-14-7-6-12-23(13-14)19(24)15-8-4-5-9-16(15)25-3/h4-5,8-11,14H,6-7,12-13H2,1-3H3. The number of amides is 1. The van der Waals surface area contributed by atoms with Gasteiger partial charge in [0.15, 0.2) is 5.82 Å². The Bertz CT molecular complexity index is 749. The van der Waals surface area contributed by atoms with Crippen molar-refractivity contribution in [2.75, 3.05) is 39.2 Å². The first-order valence-electron chi connectivity index (χ1n) is 8.68. The van der Waals surface area contributed by atoms with Crippen molar-refractivity contribution in [3.63, 3.8) is 0 Å². The molecular weight excluding hydrogens is 332 g/mol. The van der Waals surface area contributed by atoms with Crippen molar-refractivity contribution < 1.29 is 14.3 Å². The molecule has 26 heavy (non-hydrogen) atoms. The number of carbonyl (C=O) groups is 1. The van der Waals surface area contributed by atoms with Crippen LogP contribution in [0.5, 0.6) is 11.6 Å². The first kappa shape index (κ1) is 18.0. The second kappa shape index (κ2) is 8.03. The zero-order valence-corrected chi connectivity index (χ0v) is 15.4. The van der Waals surface area contributed by atoms with Crippen molar-refractivity contribution in [3.05, 3.63) is 42.0 Å². The molecule has 138 valence electrons. The van der Waals surface area contributed by atoms with Crippen LogP contribution in [0.1, 0.15) is 23.2 Å². The highest BCUT2D eigenvalue weighted by Gasteiger charge is 2.27. The number of nitrogens with zero attached hydrogens (tertiary/aromatic N) is 4. The van der Waals surface area contributed by atoms with E-state index in [2.05, 4.69) is 10.2 Å². The lowest BCUT2D eigenvalue weighted by atomic mass is 10.1. The molecule has 7 nitrogen and oxygen atoms in total. The minimum absolute atomic E-state index is 0.0372. The molecule has 0 bridgehead atoms. The molecule has 1 aromatic heterocycles. The van der Waals surface area contributed by atoms with Gasteiger partial charge in [0.25, 0.3) is 5.91 Å². The Hall–Kier alpha value is -2.83. The van der Waals surface area contributed by atoms with E-state index in [0.29, 0.717) is 30.3 Å². The third-order valence-corrected chi connectivity index (χ3v) is 4.37. The Balaban J connectivity index is 1.66. The van der Waals surface area contributed by atoms with E-state index in [1.807, 2.05) is 48.2 Å². The van der Waals surface area contributed by atoms with Gasteiger partial charge >= 0.3 is 0 Å². The first-order valence-corrected chi connectivity index (χ1v) is 8.68. The number of carbonyl (C=O) groups excluding carboxylic acids is 1. The predicted molar refractivity (Wildman–Crippen MR) is 98.9 cm³/mol. The molecule has 0 N–H and O–H groups in total. The third kappa shape index (κ3) is 4.04. The summed E-state index contributed by atoms with van der Waals surface area (Å²) < 4.78 is 11.3. The second-order valence-corrected chi connectivity index (χ2v) is 6.46. The minimum atomic E-state index is -0.0955. The van der Waals surface area contributed by atoms with Gasteiger partial charge in [-0.1, -0.05) is 12.1 Å². The van der Waals surface area contributed by atoms with Crippen molar-refractivity contribution in [1.29, 1.82) is 0 Å². The number of ether oxygens (including phenoxy) is 2. The number of benzene rings is 1. The normalized spacial score (nSPS) is 16.9. The van der Waals surface area contributed by atoms with Gasteiger partial charge in [0, 0.05) is 26.7 Å². The Labute approximate surface area is 153 Å². The maximum atomic E-state index is 12.9. The SMILES string of the molecule is COc1ccccc1C(=O)N1CCCC(Oc2ccc(N(C)C)nn2)C1. The molecule has 0 radical (unpaired) electrons. The van der Waals surface area contributed by atoms with Gasteiger partial charge in [0.1, 0.15) is 11.9 Å². The van der Waals surface area contributed by atoms with E-state index in [9.17, 15) is 4.79 Å². The number of methoxy groups -OCH3 is 1. The van der Waals surface area contributed by atoms with Crippen LogP contribution in [-0.2, 0) is 0 Å². The van der Waals surface area contributed by atoms with Crippen molar-refractivity contribution in [3.8, 4) is 11.6 Å². The molecule has 0 spiro atoms. The van der Waals surface area contributed by atoms with E-state index < -0.39 is 0 Å². The van der Waals surface area contributed by atoms with Crippen LogP contribution in [0.3, 0.4) is 0 Å². The lowest BCUT2D eigenvalue weighted by Crippen LogP contribution is -2.44. The van der Waals surface area contributed by atoms with Crippen molar-refractivity contribution in [1.82, 2.24) is 15.1 Å². The number of aromatic nitrogens is 2. The maximum Gasteiger partial charge on any atom is 0.257 e. The molecule has 1 amide bonds. The largest absolute Gasteiger partial charge is 0.496 e. The summed E-state index contributed by atoms with van der Waals surface area (Å²) in [6, 6.07) is 11.0. The van der Waals surface area contributed by atoms with Crippen LogP contribution < -0.4 is 14.4 Å². The highest BCUT2D eigenvalue weighted by molar-refractivity contribution is 5.97. The summed E-state index contributed by atoms with van der Waals surface area (Å²) in [6.45, 7) is 1.23. The summed E-state index contributed by atoms with van der Waals surface area (Å²) in [5, 5.41) is 8.23. The molecule has 0 saturated carbocycles. The van der Waals surface area contributed by atoms with E-state index in [0.717, 1.165) is 18.7 Å². The van der Waals surface area contributed by atoms with Crippen LogP contribution in [0.25, 0.3) is 0 Å². The number of para-hydroxylation sites is 1. The van der Waals surface area contributed by atoms with E-state index in [-0.39, 0.29) is 12.0 Å². The van der Waals surface area contributed by atoms with Gasteiger partial charge in [-0.2, -0.15) is 0 Å². The quantitative estimate of drug-likeness (QED) is 0.818. The average molecular weight is 356 g/mol. The molecule has 1 atom stereocenters. The zero-order chi connectivity index (χ0) is 18.5. The van der Waals surface area contributed by atoms with Gasteiger partial charge in [-0.15, -0.1) is 10.2 Å². The van der Waals surface area contributed by atoms with Crippen LogP contribution in [-0.4, -0.2) is 61.4 Å². The smallest absolute Gasteiger partial charge is 0.257 e. The van der Waals surface area contributed by atoms with Gasteiger partial charge in [-0.05, 0) is 31.0 Å². The number of anilines is 1. The topological polar surface area (TPSA) is 67.8 Å². The second-order valence-electron chi connectivity index (χ2n) is 6.46. The summed E-state index contributed by atoms with van der Waals surface area (Å²) in [4.78, 5) is 16.5. The Morgan fingerprint density at radius 1 is 1.19 bits per heavy atom. The lowest BCUT2D eigenvalue weighted by molar-refractivity contribution is 0.0523. The minimum Gasteiger partial charge on any atom is -0.496 e. The molecule has 1 fully saturated rings. The number of hydrogen-bond donors (Lipinski definition) is 0. The fourth-order valence-corrected chi connectivity index (χ4v) is 3.00. The van der Waals surface area contributed by atoms with Gasteiger partial charge in [0.05, 0.1) is 19.2 Å². The van der Waals surface area contributed by atoms with Crippen LogP contribution in [0.15, 0.2) is 36.4 Å². The first-order chi connectivity index (χ1) is 12.6. The molecule has 1 aromatic carbocycles. The van der Waals surface area contributed by atoms with Crippen molar-refractivity contribution >= 4 is 11.7 Å².